The third-order valence-electron chi connectivity index (χ3n) is 4.58. The van der Waals surface area contributed by atoms with Crippen molar-refractivity contribution in [1.29, 1.82) is 0 Å². The molecule has 1 amide bonds. The molecule has 6 nitrogen and oxygen atoms in total. The summed E-state index contributed by atoms with van der Waals surface area (Å²) >= 11 is 1.29. The topological polar surface area (TPSA) is 86.9 Å². The molecule has 0 spiro atoms. The molecule has 0 atom stereocenters. The van der Waals surface area contributed by atoms with Gasteiger partial charge in [0.25, 0.3) is 5.91 Å². The predicted octanol–water partition coefficient (Wildman–Crippen LogP) is 6.77. The predicted molar refractivity (Wildman–Crippen MR) is 128 cm³/mol. The van der Waals surface area contributed by atoms with Crippen LogP contribution in [0.15, 0.2) is 106 Å². The molecular formula is C25H20N4O2S. The summed E-state index contributed by atoms with van der Waals surface area (Å²) in [7, 11) is 0. The second-order valence-corrected chi connectivity index (χ2v) is 7.81. The molecule has 32 heavy (non-hydrogen) atoms. The van der Waals surface area contributed by atoms with Crippen LogP contribution in [-0.2, 0) is 4.79 Å². The Morgan fingerprint density at radius 1 is 0.938 bits per heavy atom. The minimum Gasteiger partial charge on any atom is -0.505 e. The molecule has 0 aliphatic carbocycles. The Balaban J connectivity index is 1.63. The average Bonchev–Trinajstić information content (AvgIpc) is 3.30. The zero-order valence-electron chi connectivity index (χ0n) is 17.3. The number of aliphatic hydroxyl groups excluding tert-OH is 1. The van der Waals surface area contributed by atoms with Crippen molar-refractivity contribution < 1.29 is 9.90 Å². The summed E-state index contributed by atoms with van der Waals surface area (Å²) in [6.45, 7) is 1.97. The number of carbonyl (C=O) groups is 1. The number of hydrogen-bond donors (Lipinski definition) is 2. The Morgan fingerprint density at radius 3 is 2.28 bits per heavy atom. The van der Waals surface area contributed by atoms with Gasteiger partial charge in [-0.25, -0.2) is 4.98 Å². The Morgan fingerprint density at radius 2 is 1.59 bits per heavy atom. The molecule has 0 aliphatic rings. The molecule has 0 saturated heterocycles. The van der Waals surface area contributed by atoms with Crippen molar-refractivity contribution in [3.05, 3.63) is 107 Å². The minimum absolute atomic E-state index is 0.201. The van der Waals surface area contributed by atoms with Crippen LogP contribution in [0.1, 0.15) is 11.1 Å². The number of aliphatic hydroxyl groups is 1. The van der Waals surface area contributed by atoms with E-state index in [1.165, 1.54) is 11.3 Å². The van der Waals surface area contributed by atoms with Crippen LogP contribution < -0.4 is 5.32 Å². The second-order valence-electron chi connectivity index (χ2n) is 6.96. The molecule has 0 fully saturated rings. The first kappa shape index (κ1) is 21.1. The zero-order valence-corrected chi connectivity index (χ0v) is 18.1. The van der Waals surface area contributed by atoms with Gasteiger partial charge in [-0.3, -0.25) is 10.1 Å². The van der Waals surface area contributed by atoms with Crippen molar-refractivity contribution in [2.75, 3.05) is 5.32 Å². The van der Waals surface area contributed by atoms with E-state index in [0.717, 1.165) is 16.8 Å². The molecule has 7 heteroatoms. The minimum atomic E-state index is -0.601. The number of carbonyl (C=O) groups excluding carboxylic acids is 1. The van der Waals surface area contributed by atoms with Gasteiger partial charge >= 0.3 is 0 Å². The molecule has 0 unspecified atom stereocenters. The molecule has 1 aromatic heterocycles. The van der Waals surface area contributed by atoms with E-state index in [1.54, 1.807) is 36.4 Å². The first-order valence-electron chi connectivity index (χ1n) is 9.89. The number of azo groups is 1. The number of amides is 1. The first-order valence-corrected chi connectivity index (χ1v) is 10.8. The Bertz CT molecular complexity index is 1260. The van der Waals surface area contributed by atoms with Crippen molar-refractivity contribution >= 4 is 33.8 Å². The van der Waals surface area contributed by atoms with Crippen LogP contribution >= 0.6 is 11.3 Å². The Hall–Kier alpha value is -4.10. The van der Waals surface area contributed by atoms with Crippen molar-refractivity contribution in [3.8, 4) is 11.3 Å². The fourth-order valence-corrected chi connectivity index (χ4v) is 3.60. The fourth-order valence-electron chi connectivity index (χ4n) is 2.88. The lowest BCUT2D eigenvalue weighted by Crippen LogP contribution is -2.14. The fraction of sp³-hybridized carbons (Fsp3) is 0.0400. The van der Waals surface area contributed by atoms with Gasteiger partial charge in [-0.05, 0) is 19.1 Å². The smallest absolute Gasteiger partial charge is 0.281 e. The first-order chi connectivity index (χ1) is 15.6. The van der Waals surface area contributed by atoms with Crippen LogP contribution in [-0.4, -0.2) is 16.0 Å². The lowest BCUT2D eigenvalue weighted by Gasteiger charge is -2.06. The van der Waals surface area contributed by atoms with Gasteiger partial charge in [0.05, 0.1) is 11.4 Å². The summed E-state index contributed by atoms with van der Waals surface area (Å²) in [5.74, 6) is -0.866. The van der Waals surface area contributed by atoms with Crippen LogP contribution in [0.4, 0.5) is 10.8 Å². The van der Waals surface area contributed by atoms with Gasteiger partial charge in [-0.15, -0.1) is 16.5 Å². The molecule has 0 saturated carbocycles. The number of hydrogen-bond acceptors (Lipinski definition) is 6. The molecular weight excluding hydrogens is 420 g/mol. The third kappa shape index (κ3) is 5.14. The average molecular weight is 441 g/mol. The number of nitrogens with zero attached hydrogens (tertiary/aromatic N) is 3. The summed E-state index contributed by atoms with van der Waals surface area (Å²) in [6, 6.07) is 25.8. The molecule has 4 rings (SSSR count). The quantitative estimate of drug-likeness (QED) is 0.197. The van der Waals surface area contributed by atoms with Crippen LogP contribution in [0.25, 0.3) is 17.0 Å². The van der Waals surface area contributed by atoms with E-state index < -0.39 is 5.91 Å². The van der Waals surface area contributed by atoms with E-state index in [4.69, 9.17) is 0 Å². The monoisotopic (exact) mass is 440 g/mol. The third-order valence-corrected chi connectivity index (χ3v) is 5.34. The summed E-state index contributed by atoms with van der Waals surface area (Å²) in [5.41, 5.74) is 3.62. The summed E-state index contributed by atoms with van der Waals surface area (Å²) < 4.78 is 0. The number of aryl methyl sites for hydroxylation is 1. The second kappa shape index (κ2) is 9.80. The van der Waals surface area contributed by atoms with Gasteiger partial charge in [0.2, 0.25) is 0 Å². The van der Waals surface area contributed by atoms with E-state index in [9.17, 15) is 9.90 Å². The highest BCUT2D eigenvalue weighted by Crippen LogP contribution is 2.26. The number of aromatic nitrogens is 1. The number of anilines is 1. The van der Waals surface area contributed by atoms with Crippen LogP contribution in [0.5, 0.6) is 0 Å². The maximum absolute atomic E-state index is 13.0. The van der Waals surface area contributed by atoms with Gasteiger partial charge in [0.1, 0.15) is 0 Å². The lowest BCUT2D eigenvalue weighted by molar-refractivity contribution is -0.112. The maximum atomic E-state index is 13.0. The molecule has 0 aliphatic heterocycles. The van der Waals surface area contributed by atoms with Crippen molar-refractivity contribution in [3.63, 3.8) is 0 Å². The lowest BCUT2D eigenvalue weighted by atomic mass is 10.1. The van der Waals surface area contributed by atoms with Crippen LogP contribution in [0, 0.1) is 6.92 Å². The number of rotatable bonds is 6. The van der Waals surface area contributed by atoms with Crippen molar-refractivity contribution in [1.82, 2.24) is 4.98 Å². The summed E-state index contributed by atoms with van der Waals surface area (Å²) in [6.07, 6.45) is 0. The number of benzene rings is 3. The highest BCUT2D eigenvalue weighted by molar-refractivity contribution is 7.14. The van der Waals surface area contributed by atoms with E-state index >= 15 is 0 Å². The van der Waals surface area contributed by atoms with E-state index in [2.05, 4.69) is 20.5 Å². The molecule has 3 aromatic carbocycles. The molecule has 2 N–H and O–H groups in total. The molecule has 158 valence electrons. The normalized spacial score (nSPS) is 11.9. The highest BCUT2D eigenvalue weighted by atomic mass is 32.1. The van der Waals surface area contributed by atoms with Crippen molar-refractivity contribution in [2.24, 2.45) is 10.2 Å². The molecule has 0 radical (unpaired) electrons. The maximum Gasteiger partial charge on any atom is 0.281 e. The standard InChI is InChI=1S/C25H20N4O2S/c1-17-12-14-20(15-13-17)28-29-22(23(30)19-10-6-3-7-11-19)24(31)27-25-26-21(16-32-25)18-8-4-2-5-9-18/h2-16,30H,1H3,(H,26,27,31). The number of nitrogens with one attached hydrogen (secondary N) is 1. The van der Waals surface area contributed by atoms with Crippen LogP contribution in [0.2, 0.25) is 0 Å². The van der Waals surface area contributed by atoms with Gasteiger partial charge in [-0.1, -0.05) is 78.4 Å². The SMILES string of the molecule is Cc1ccc(N=NC(C(=O)Nc2nc(-c3ccccc3)cs2)=C(O)c2ccccc2)cc1. The van der Waals surface area contributed by atoms with Gasteiger partial charge in [-0.2, -0.15) is 5.11 Å². The summed E-state index contributed by atoms with van der Waals surface area (Å²) in [4.78, 5) is 17.5. The van der Waals surface area contributed by atoms with Crippen LogP contribution in [0.3, 0.4) is 0 Å². The molecule has 0 bridgehead atoms. The van der Waals surface area contributed by atoms with Gasteiger partial charge in [0.15, 0.2) is 16.6 Å². The van der Waals surface area contributed by atoms with Gasteiger partial charge < -0.3 is 5.11 Å². The van der Waals surface area contributed by atoms with Crippen molar-refractivity contribution in [2.45, 2.75) is 6.92 Å². The summed E-state index contributed by atoms with van der Waals surface area (Å²) in [5, 5.41) is 24.0. The molecule has 1 heterocycles. The van der Waals surface area contributed by atoms with E-state index in [1.807, 2.05) is 60.8 Å². The zero-order chi connectivity index (χ0) is 22.3. The number of thiazole rings is 1. The van der Waals surface area contributed by atoms with Gasteiger partial charge in [0, 0.05) is 16.5 Å². The van der Waals surface area contributed by atoms with E-state index in [-0.39, 0.29) is 11.5 Å². The largest absolute Gasteiger partial charge is 0.505 e. The highest BCUT2D eigenvalue weighted by Gasteiger charge is 2.19. The Labute approximate surface area is 189 Å². The Kier molecular flexibility index (Phi) is 6.48. The van der Waals surface area contributed by atoms with E-state index in [0.29, 0.717) is 16.4 Å². The molecule has 4 aromatic rings.